The molecule has 28 heavy (non-hydrogen) atoms. The quantitative estimate of drug-likeness (QED) is 0.480. The van der Waals surface area contributed by atoms with Crippen molar-refractivity contribution < 1.29 is 4.79 Å². The molecule has 0 N–H and O–H groups in total. The maximum atomic E-state index is 13.1. The minimum atomic E-state index is 0.127. The van der Waals surface area contributed by atoms with Crippen molar-refractivity contribution >= 4 is 5.78 Å². The number of fused-ring (bicyclic) bond motifs is 5. The first-order valence-corrected chi connectivity index (χ1v) is 12.2. The molecule has 156 valence electrons. The fourth-order valence-corrected chi connectivity index (χ4v) is 7.79. The Bertz CT molecular complexity index is 682. The Kier molecular flexibility index (Phi) is 5.43. The van der Waals surface area contributed by atoms with Crippen LogP contribution in [0.25, 0.3) is 0 Å². The Labute approximate surface area is 173 Å². The summed E-state index contributed by atoms with van der Waals surface area (Å²) in [7, 11) is 0. The summed E-state index contributed by atoms with van der Waals surface area (Å²) in [5, 5.41) is 0. The summed E-state index contributed by atoms with van der Waals surface area (Å²) in [4.78, 5) is 13.1. The maximum absolute atomic E-state index is 13.1. The first-order valence-electron chi connectivity index (χ1n) is 12.2. The number of allylic oxidation sites excluding steroid dienone is 4. The van der Waals surface area contributed by atoms with Crippen molar-refractivity contribution in [3.63, 3.8) is 0 Å². The van der Waals surface area contributed by atoms with Crippen LogP contribution >= 0.6 is 0 Å². The van der Waals surface area contributed by atoms with Crippen molar-refractivity contribution in [1.82, 2.24) is 0 Å². The average Bonchev–Trinajstić information content (AvgIpc) is 2.99. The van der Waals surface area contributed by atoms with Crippen LogP contribution in [0.1, 0.15) is 98.8 Å². The zero-order valence-electron chi connectivity index (χ0n) is 19.0. The van der Waals surface area contributed by atoms with Crippen LogP contribution in [0, 0.1) is 40.4 Å². The van der Waals surface area contributed by atoms with Crippen LogP contribution in [0.15, 0.2) is 23.3 Å². The van der Waals surface area contributed by atoms with Gasteiger partial charge in [0, 0.05) is 11.3 Å². The Morgan fingerprint density at radius 1 is 1.04 bits per heavy atom. The van der Waals surface area contributed by atoms with Crippen molar-refractivity contribution in [1.29, 1.82) is 0 Å². The van der Waals surface area contributed by atoms with Crippen LogP contribution < -0.4 is 0 Å². The molecule has 0 aliphatic heterocycles. The van der Waals surface area contributed by atoms with E-state index < -0.39 is 0 Å². The Morgan fingerprint density at radius 3 is 2.57 bits per heavy atom. The summed E-state index contributed by atoms with van der Waals surface area (Å²) < 4.78 is 0. The highest BCUT2D eigenvalue weighted by atomic mass is 16.1. The molecule has 1 nitrogen and oxygen atoms in total. The van der Waals surface area contributed by atoms with Gasteiger partial charge in [-0.1, -0.05) is 72.8 Å². The first-order chi connectivity index (χ1) is 13.3. The number of hydrogen-bond donors (Lipinski definition) is 0. The van der Waals surface area contributed by atoms with Gasteiger partial charge >= 0.3 is 0 Å². The zero-order chi connectivity index (χ0) is 20.1. The predicted octanol–water partition coefficient (Wildman–Crippen LogP) is 7.52. The maximum Gasteiger partial charge on any atom is 0.159 e. The predicted molar refractivity (Wildman–Crippen MR) is 118 cm³/mol. The van der Waals surface area contributed by atoms with Gasteiger partial charge in [0.1, 0.15) is 0 Å². The highest BCUT2D eigenvalue weighted by Crippen LogP contribution is 2.64. The Hall–Kier alpha value is -0.850. The van der Waals surface area contributed by atoms with Gasteiger partial charge in [0.05, 0.1) is 0 Å². The van der Waals surface area contributed by atoms with Crippen LogP contribution in [0.4, 0.5) is 0 Å². The minimum Gasteiger partial charge on any atom is -0.295 e. The van der Waals surface area contributed by atoms with Crippen molar-refractivity contribution in [3.8, 4) is 0 Å². The van der Waals surface area contributed by atoms with E-state index in [1.54, 1.807) is 5.57 Å². The smallest absolute Gasteiger partial charge is 0.159 e. The summed E-state index contributed by atoms with van der Waals surface area (Å²) in [6, 6.07) is 0. The van der Waals surface area contributed by atoms with Crippen LogP contribution in [0.3, 0.4) is 0 Å². The molecule has 0 amide bonds. The summed E-state index contributed by atoms with van der Waals surface area (Å²) in [5.74, 6) is 3.77. The molecule has 0 spiro atoms. The van der Waals surface area contributed by atoms with E-state index in [0.717, 1.165) is 24.2 Å². The van der Waals surface area contributed by atoms with E-state index in [-0.39, 0.29) is 11.3 Å². The summed E-state index contributed by atoms with van der Waals surface area (Å²) in [5.41, 5.74) is 3.55. The molecule has 0 aromatic carbocycles. The molecular weight excluding hydrogens is 340 g/mol. The second-order valence-corrected chi connectivity index (χ2v) is 11.6. The molecule has 1 unspecified atom stereocenters. The highest BCUT2D eigenvalue weighted by molar-refractivity contribution is 5.96. The molecule has 6 atom stereocenters. The molecule has 0 saturated heterocycles. The monoisotopic (exact) mass is 382 g/mol. The first kappa shape index (κ1) is 20.4. The van der Waals surface area contributed by atoms with E-state index in [1.807, 2.05) is 0 Å². The van der Waals surface area contributed by atoms with E-state index >= 15 is 0 Å². The topological polar surface area (TPSA) is 17.1 Å². The average molecular weight is 383 g/mol. The summed E-state index contributed by atoms with van der Waals surface area (Å²) >= 11 is 0. The lowest BCUT2D eigenvalue weighted by molar-refractivity contribution is -0.123. The van der Waals surface area contributed by atoms with Gasteiger partial charge in [-0.3, -0.25) is 4.79 Å². The molecule has 0 bridgehead atoms. The van der Waals surface area contributed by atoms with Gasteiger partial charge in [-0.15, -0.1) is 0 Å². The number of carbonyl (C=O) groups is 1. The summed E-state index contributed by atoms with van der Waals surface area (Å²) in [6.45, 7) is 12.2. The van der Waals surface area contributed by atoms with Gasteiger partial charge in [-0.05, 0) is 78.4 Å². The second kappa shape index (κ2) is 7.44. The van der Waals surface area contributed by atoms with E-state index in [2.05, 4.69) is 46.8 Å². The fourth-order valence-electron chi connectivity index (χ4n) is 7.79. The van der Waals surface area contributed by atoms with E-state index in [9.17, 15) is 4.79 Å². The molecule has 4 rings (SSSR count). The van der Waals surface area contributed by atoms with E-state index in [0.29, 0.717) is 17.1 Å². The SMILES string of the molecule is CC(C)CCC[C@@H](C)[C@H]1CC[C@H]2C3=CC(=O)C4CCCC[C@]4(C)C3=CC[C@]12C. The second-order valence-electron chi connectivity index (χ2n) is 11.6. The molecule has 0 aromatic rings. The molecule has 0 aromatic heterocycles. The van der Waals surface area contributed by atoms with Crippen molar-refractivity contribution in [2.45, 2.75) is 98.8 Å². The van der Waals surface area contributed by atoms with E-state index in [1.165, 1.54) is 63.4 Å². The highest BCUT2D eigenvalue weighted by Gasteiger charge is 2.56. The lowest BCUT2D eigenvalue weighted by Gasteiger charge is -2.52. The molecule has 1 heteroatoms. The minimum absolute atomic E-state index is 0.127. The van der Waals surface area contributed by atoms with Crippen molar-refractivity contribution in [2.24, 2.45) is 40.4 Å². The molecule has 0 heterocycles. The van der Waals surface area contributed by atoms with Crippen LogP contribution in [-0.2, 0) is 4.79 Å². The van der Waals surface area contributed by atoms with Crippen LogP contribution in [-0.4, -0.2) is 5.78 Å². The van der Waals surface area contributed by atoms with Gasteiger partial charge < -0.3 is 0 Å². The Morgan fingerprint density at radius 2 is 1.82 bits per heavy atom. The number of carbonyl (C=O) groups excluding carboxylic acids is 1. The standard InChI is InChI=1S/C27H42O/c1-18(2)9-8-10-19(3)21-12-13-22-20-17-25(28)24-11-6-7-15-26(24,4)23(20)14-16-27(21,22)5/h14,17-19,21-22,24H,6-13,15-16H2,1-5H3/t19-,21-,22+,24?,26-,27-/m1/s1. The fraction of sp³-hybridized carbons (Fsp3) is 0.815. The van der Waals surface area contributed by atoms with Crippen LogP contribution in [0.5, 0.6) is 0 Å². The van der Waals surface area contributed by atoms with Gasteiger partial charge in [0.2, 0.25) is 0 Å². The lowest BCUT2D eigenvalue weighted by Crippen LogP contribution is -2.45. The van der Waals surface area contributed by atoms with Gasteiger partial charge in [0.15, 0.2) is 5.78 Å². The third-order valence-electron chi connectivity index (χ3n) is 9.43. The molecule has 2 saturated carbocycles. The Balaban J connectivity index is 1.59. The molecule has 0 radical (unpaired) electrons. The van der Waals surface area contributed by atoms with Crippen LogP contribution in [0.2, 0.25) is 0 Å². The van der Waals surface area contributed by atoms with Crippen molar-refractivity contribution in [2.75, 3.05) is 0 Å². The summed E-state index contributed by atoms with van der Waals surface area (Å²) in [6.07, 6.45) is 17.6. The molecular formula is C27H42O. The normalized spacial score (nSPS) is 41.1. The molecule has 4 aliphatic rings. The van der Waals surface area contributed by atoms with E-state index in [4.69, 9.17) is 0 Å². The largest absolute Gasteiger partial charge is 0.295 e. The molecule has 4 aliphatic carbocycles. The number of hydrogen-bond acceptors (Lipinski definition) is 1. The van der Waals surface area contributed by atoms with Gasteiger partial charge in [-0.25, -0.2) is 0 Å². The van der Waals surface area contributed by atoms with Gasteiger partial charge in [-0.2, -0.15) is 0 Å². The number of ketones is 1. The zero-order valence-corrected chi connectivity index (χ0v) is 19.0. The lowest BCUT2D eigenvalue weighted by atomic mass is 9.51. The third kappa shape index (κ3) is 3.16. The molecule has 2 fully saturated rings. The number of rotatable bonds is 5. The van der Waals surface area contributed by atoms with Gasteiger partial charge in [0.25, 0.3) is 0 Å². The third-order valence-corrected chi connectivity index (χ3v) is 9.43. The van der Waals surface area contributed by atoms with Crippen molar-refractivity contribution in [3.05, 3.63) is 23.3 Å².